The summed E-state index contributed by atoms with van der Waals surface area (Å²) in [5, 5.41) is 17.1. The van der Waals surface area contributed by atoms with Crippen LogP contribution in [0, 0.1) is 0 Å². The zero-order valence-corrected chi connectivity index (χ0v) is 17.8. The summed E-state index contributed by atoms with van der Waals surface area (Å²) in [6.45, 7) is 2.04. The van der Waals surface area contributed by atoms with Gasteiger partial charge in [0.2, 0.25) is 5.91 Å². The molecule has 0 aliphatic carbocycles. The molecule has 0 aliphatic rings. The number of hydrogen-bond donors (Lipinski definition) is 4. The highest BCUT2D eigenvalue weighted by Crippen LogP contribution is 2.30. The predicted molar refractivity (Wildman–Crippen MR) is 117 cm³/mol. The van der Waals surface area contributed by atoms with E-state index in [9.17, 15) is 18.0 Å². The van der Waals surface area contributed by atoms with Gasteiger partial charge in [-0.15, -0.1) is 13.2 Å². The van der Waals surface area contributed by atoms with E-state index in [1.165, 1.54) is 18.2 Å². The molecule has 0 saturated carbocycles. The first-order valence-corrected chi connectivity index (χ1v) is 10.4. The van der Waals surface area contributed by atoms with Crippen molar-refractivity contribution < 1.29 is 22.7 Å². The topological polar surface area (TPSA) is 91.1 Å². The molecule has 172 valence electrons. The maximum Gasteiger partial charge on any atom is 0.573 e. The summed E-state index contributed by atoms with van der Waals surface area (Å²) in [7, 11) is 0. The van der Waals surface area contributed by atoms with Crippen molar-refractivity contribution >= 4 is 34.1 Å². The maximum atomic E-state index is 12.3. The molecular weight excluding hydrogens is 447 g/mol. The number of ether oxygens (including phenoxy) is 1. The van der Waals surface area contributed by atoms with Gasteiger partial charge in [-0.3, -0.25) is 9.89 Å². The van der Waals surface area contributed by atoms with Crippen LogP contribution in [0.4, 0.5) is 18.9 Å². The maximum absolute atomic E-state index is 12.3. The van der Waals surface area contributed by atoms with Crippen LogP contribution in [0.3, 0.4) is 0 Å². The highest BCUT2D eigenvalue weighted by atomic mass is 35.5. The van der Waals surface area contributed by atoms with Gasteiger partial charge in [0, 0.05) is 43.7 Å². The molecule has 7 nitrogen and oxygen atoms in total. The first-order valence-electron chi connectivity index (χ1n) is 9.99. The van der Waals surface area contributed by atoms with E-state index < -0.39 is 12.1 Å². The molecule has 32 heavy (non-hydrogen) atoms. The number of anilines is 1. The van der Waals surface area contributed by atoms with Crippen molar-refractivity contribution in [2.75, 3.05) is 25.0 Å². The first kappa shape index (κ1) is 23.7. The van der Waals surface area contributed by atoms with E-state index in [0.717, 1.165) is 23.0 Å². The molecule has 0 bridgehead atoms. The smallest absolute Gasteiger partial charge is 0.404 e. The number of rotatable bonds is 11. The van der Waals surface area contributed by atoms with Gasteiger partial charge in [0.25, 0.3) is 0 Å². The Morgan fingerprint density at radius 2 is 2.00 bits per heavy atom. The van der Waals surface area contributed by atoms with Crippen molar-refractivity contribution in [3.8, 4) is 5.75 Å². The van der Waals surface area contributed by atoms with E-state index in [0.29, 0.717) is 31.7 Å². The van der Waals surface area contributed by atoms with Crippen molar-refractivity contribution in [3.05, 3.63) is 53.2 Å². The number of carbonyl (C=O) groups excluding carboxylic acids is 1. The third kappa shape index (κ3) is 7.31. The Kier molecular flexibility index (Phi) is 8.18. The molecule has 0 radical (unpaired) electrons. The van der Waals surface area contributed by atoms with Gasteiger partial charge in [0.15, 0.2) is 0 Å². The van der Waals surface area contributed by atoms with Gasteiger partial charge in [0.1, 0.15) is 5.75 Å². The summed E-state index contributed by atoms with van der Waals surface area (Å²) in [6.07, 6.45) is -1.98. The molecule has 0 saturated heterocycles. The minimum atomic E-state index is -4.79. The molecule has 0 fully saturated rings. The van der Waals surface area contributed by atoms with Crippen molar-refractivity contribution in [2.24, 2.45) is 0 Å². The average Bonchev–Trinajstić information content (AvgIpc) is 3.22. The van der Waals surface area contributed by atoms with Crippen LogP contribution in [0.25, 0.3) is 10.9 Å². The van der Waals surface area contributed by atoms with Gasteiger partial charge in [-0.05, 0) is 36.2 Å². The Balaban J connectivity index is 1.28. The molecule has 3 aromatic rings. The van der Waals surface area contributed by atoms with Gasteiger partial charge in [-0.25, -0.2) is 0 Å². The molecule has 3 rings (SSSR count). The number of H-pyrrole nitrogens is 1. The summed E-state index contributed by atoms with van der Waals surface area (Å²) >= 11 is 5.82. The summed E-state index contributed by atoms with van der Waals surface area (Å²) in [4.78, 5) is 11.9. The second kappa shape index (κ2) is 11.1. The highest BCUT2D eigenvalue weighted by molar-refractivity contribution is 6.32. The van der Waals surface area contributed by atoms with Crippen molar-refractivity contribution in [1.29, 1.82) is 0 Å². The number of hydrogen-bond acceptors (Lipinski definition) is 5. The van der Waals surface area contributed by atoms with Gasteiger partial charge < -0.3 is 20.7 Å². The van der Waals surface area contributed by atoms with Gasteiger partial charge >= 0.3 is 6.36 Å². The summed E-state index contributed by atoms with van der Waals surface area (Å²) in [6, 6.07) is 9.92. The van der Waals surface area contributed by atoms with E-state index in [-0.39, 0.29) is 17.4 Å². The van der Waals surface area contributed by atoms with Crippen LogP contribution in [-0.4, -0.2) is 42.1 Å². The largest absolute Gasteiger partial charge is 0.573 e. The number of nitrogens with zero attached hydrogens (tertiary/aromatic N) is 1. The lowest BCUT2D eigenvalue weighted by molar-refractivity contribution is -0.274. The molecule has 1 aromatic heterocycles. The monoisotopic (exact) mass is 469 g/mol. The zero-order chi connectivity index (χ0) is 23.0. The predicted octanol–water partition coefficient (Wildman–Crippen LogP) is 4.21. The summed E-state index contributed by atoms with van der Waals surface area (Å²) in [5.74, 6) is -0.528. The fraction of sp³-hybridized carbons (Fsp3) is 0.333. The molecule has 0 aliphatic heterocycles. The Morgan fingerprint density at radius 1 is 1.16 bits per heavy atom. The number of fused-ring (bicyclic) bond motifs is 1. The fourth-order valence-electron chi connectivity index (χ4n) is 3.05. The first-order chi connectivity index (χ1) is 15.3. The van der Waals surface area contributed by atoms with Crippen LogP contribution >= 0.6 is 11.6 Å². The Labute approximate surface area is 187 Å². The molecule has 1 amide bonds. The van der Waals surface area contributed by atoms with Crippen LogP contribution in [0.15, 0.2) is 42.6 Å². The molecule has 11 heteroatoms. The third-order valence-electron chi connectivity index (χ3n) is 4.56. The van der Waals surface area contributed by atoms with Crippen molar-refractivity contribution in [2.45, 2.75) is 25.7 Å². The molecular formula is C21H23ClF3N5O2. The summed E-state index contributed by atoms with van der Waals surface area (Å²) < 4.78 is 40.6. The summed E-state index contributed by atoms with van der Waals surface area (Å²) in [5.41, 5.74) is 2.64. The third-order valence-corrected chi connectivity index (χ3v) is 4.85. The lowest BCUT2D eigenvalue weighted by atomic mass is 10.2. The second-order valence-electron chi connectivity index (χ2n) is 7.01. The minimum absolute atomic E-state index is 0.0820. The van der Waals surface area contributed by atoms with Crippen LogP contribution in [0.1, 0.15) is 18.4 Å². The number of aromatic amines is 1. The van der Waals surface area contributed by atoms with Gasteiger partial charge in [-0.1, -0.05) is 23.7 Å². The van der Waals surface area contributed by atoms with E-state index >= 15 is 0 Å². The van der Waals surface area contributed by atoms with Gasteiger partial charge in [-0.2, -0.15) is 5.10 Å². The Hall–Kier alpha value is -2.98. The zero-order valence-electron chi connectivity index (χ0n) is 17.1. The molecule has 1 heterocycles. The van der Waals surface area contributed by atoms with Crippen molar-refractivity contribution in [3.63, 3.8) is 0 Å². The van der Waals surface area contributed by atoms with Crippen LogP contribution in [0.2, 0.25) is 5.02 Å². The number of aromatic nitrogens is 2. The quantitative estimate of drug-likeness (QED) is 0.316. The van der Waals surface area contributed by atoms with Crippen LogP contribution in [0.5, 0.6) is 5.75 Å². The second-order valence-corrected chi connectivity index (χ2v) is 7.41. The van der Waals surface area contributed by atoms with E-state index in [2.05, 4.69) is 30.9 Å². The Bertz CT molecular complexity index is 1040. The molecule has 0 unspecified atom stereocenters. The normalized spacial score (nSPS) is 11.5. The Morgan fingerprint density at radius 3 is 2.78 bits per heavy atom. The number of benzene rings is 2. The van der Waals surface area contributed by atoms with E-state index in [4.69, 9.17) is 11.6 Å². The molecule has 0 spiro atoms. The molecule has 4 N–H and O–H groups in total. The van der Waals surface area contributed by atoms with Crippen LogP contribution < -0.4 is 20.7 Å². The molecule has 2 aromatic carbocycles. The minimum Gasteiger partial charge on any atom is -0.404 e. The SMILES string of the molecule is O=C(CCNCc1ccc(OC(F)(F)F)c(Cl)c1)NCCCNc1cccc2[nH]ncc12. The van der Waals surface area contributed by atoms with E-state index in [1.807, 2.05) is 18.2 Å². The molecule has 0 atom stereocenters. The van der Waals surface area contributed by atoms with E-state index in [1.54, 1.807) is 6.20 Å². The number of amides is 1. The average molecular weight is 470 g/mol. The van der Waals surface area contributed by atoms with Gasteiger partial charge in [0.05, 0.1) is 16.7 Å². The number of nitrogens with one attached hydrogen (secondary N) is 4. The van der Waals surface area contributed by atoms with Crippen LogP contribution in [-0.2, 0) is 11.3 Å². The standard InChI is InChI=1S/C21H23ClF3N5O2/c22-16-11-14(5-6-19(16)32-21(23,24)25)12-26-10-7-20(31)28-9-2-8-27-17-3-1-4-18-15(17)13-29-30-18/h1,3-6,11,13,26-27H,2,7-10,12H2,(H,28,31)(H,29,30). The number of alkyl halides is 3. The highest BCUT2D eigenvalue weighted by Gasteiger charge is 2.32. The lowest BCUT2D eigenvalue weighted by Gasteiger charge is -2.12. The van der Waals surface area contributed by atoms with Crippen molar-refractivity contribution in [1.82, 2.24) is 20.8 Å². The fourth-order valence-corrected chi connectivity index (χ4v) is 3.29. The number of carbonyl (C=O) groups is 1. The number of halogens is 4. The lowest BCUT2D eigenvalue weighted by Crippen LogP contribution is -2.29.